The highest BCUT2D eigenvalue weighted by Gasteiger charge is 2.09. The van der Waals surface area contributed by atoms with Crippen LogP contribution < -0.4 is 27.8 Å². The molecule has 138 valence electrons. The Balaban J connectivity index is 0.00000529. The summed E-state index contributed by atoms with van der Waals surface area (Å²) in [7, 11) is 0. The van der Waals surface area contributed by atoms with Crippen molar-refractivity contribution in [2.45, 2.75) is 45.8 Å². The van der Waals surface area contributed by atoms with Gasteiger partial charge in [0.15, 0.2) is 0 Å². The fourth-order valence-electron chi connectivity index (χ4n) is 1.82. The van der Waals surface area contributed by atoms with Crippen LogP contribution in [0.3, 0.4) is 0 Å². The van der Waals surface area contributed by atoms with Crippen molar-refractivity contribution >= 4 is 11.8 Å². The number of unbranched alkanes of at least 4 members (excludes halogenated alkanes) is 1. The standard InChI is InChI=1S/C17H28N2O4.ClH/c1-4-5-9-22-17(21)19-14-7-6-8-16(10-14)23-12-15(20)11-18-13(2)3;/h6-8,10,13,15,18,20H,4-5,9,11-12H2,1-3H3,(H,19,21);1H. The van der Waals surface area contributed by atoms with E-state index in [4.69, 9.17) is 9.47 Å². The van der Waals surface area contributed by atoms with E-state index in [-0.39, 0.29) is 19.0 Å². The number of hydrogen-bond donors (Lipinski definition) is 3. The first-order chi connectivity index (χ1) is 11.0. The van der Waals surface area contributed by atoms with Gasteiger partial charge < -0.3 is 32.3 Å². The van der Waals surface area contributed by atoms with Crippen LogP contribution >= 0.6 is 0 Å². The minimum absolute atomic E-state index is 0. The molecule has 4 N–H and O–H groups in total. The van der Waals surface area contributed by atoms with Crippen LogP contribution in [0.2, 0.25) is 0 Å². The van der Waals surface area contributed by atoms with E-state index in [0.29, 0.717) is 30.6 Å². The third kappa shape index (κ3) is 10.3. The summed E-state index contributed by atoms with van der Waals surface area (Å²) in [5.41, 5.74) is 0.604. The summed E-state index contributed by atoms with van der Waals surface area (Å²) >= 11 is 0. The third-order valence-corrected chi connectivity index (χ3v) is 3.13. The summed E-state index contributed by atoms with van der Waals surface area (Å²) in [6.45, 7) is 7.41. The molecule has 1 aromatic rings. The van der Waals surface area contributed by atoms with Crippen LogP contribution in [0.25, 0.3) is 0 Å². The highest BCUT2D eigenvalue weighted by molar-refractivity contribution is 5.84. The molecule has 0 heterocycles. The van der Waals surface area contributed by atoms with Gasteiger partial charge in [0, 0.05) is 11.8 Å². The van der Waals surface area contributed by atoms with Crippen molar-refractivity contribution in [2.75, 3.05) is 25.1 Å². The van der Waals surface area contributed by atoms with Gasteiger partial charge in [-0.2, -0.15) is 0 Å². The van der Waals surface area contributed by atoms with Crippen LogP contribution in [0, 0.1) is 0 Å². The molecule has 1 unspecified atom stereocenters. The maximum absolute atomic E-state index is 11.6. The first kappa shape index (κ1) is 22.5. The Morgan fingerprint density at radius 3 is 2.79 bits per heavy atom. The molecule has 1 amide bonds. The smallest absolute Gasteiger partial charge is 0.411 e. The van der Waals surface area contributed by atoms with Gasteiger partial charge in [-0.3, -0.25) is 5.32 Å². The number of aliphatic hydroxyl groups excluding tert-OH is 1. The van der Waals surface area contributed by atoms with Gasteiger partial charge in [0.1, 0.15) is 25.0 Å². The number of hydrogen-bond acceptors (Lipinski definition) is 4. The lowest BCUT2D eigenvalue weighted by Crippen LogP contribution is -3.00. The number of quaternary nitrogens is 1. The lowest BCUT2D eigenvalue weighted by molar-refractivity contribution is -0.688. The molecule has 1 aromatic carbocycles. The molecule has 7 heteroatoms. The van der Waals surface area contributed by atoms with E-state index >= 15 is 0 Å². The summed E-state index contributed by atoms with van der Waals surface area (Å²) in [6.07, 6.45) is 0.824. The Kier molecular flexibility index (Phi) is 12.1. The first-order valence-corrected chi connectivity index (χ1v) is 8.19. The minimum atomic E-state index is -0.534. The number of aliphatic hydroxyl groups is 1. The van der Waals surface area contributed by atoms with Crippen LogP contribution in [0.5, 0.6) is 5.75 Å². The van der Waals surface area contributed by atoms with E-state index in [1.807, 2.05) is 6.92 Å². The van der Waals surface area contributed by atoms with Gasteiger partial charge in [-0.25, -0.2) is 4.79 Å². The Hall–Kier alpha value is -1.50. The van der Waals surface area contributed by atoms with Crippen molar-refractivity contribution in [3.05, 3.63) is 24.3 Å². The number of benzene rings is 1. The number of carbonyl (C=O) groups is 1. The average Bonchev–Trinajstić information content (AvgIpc) is 2.51. The number of halogens is 1. The van der Waals surface area contributed by atoms with E-state index < -0.39 is 12.2 Å². The van der Waals surface area contributed by atoms with Gasteiger partial charge >= 0.3 is 6.09 Å². The molecule has 0 fully saturated rings. The Labute approximate surface area is 150 Å². The normalized spacial score (nSPS) is 11.5. The third-order valence-electron chi connectivity index (χ3n) is 3.13. The van der Waals surface area contributed by atoms with E-state index in [2.05, 4.69) is 24.5 Å². The molecule has 0 saturated heterocycles. The average molecular weight is 361 g/mol. The molecule has 1 rings (SSSR count). The predicted octanol–water partition coefficient (Wildman–Crippen LogP) is -1.25. The predicted molar refractivity (Wildman–Crippen MR) is 89.8 cm³/mol. The SMILES string of the molecule is CCCCOC(=O)Nc1cccc(OCC(O)C[NH2+]C(C)C)c1.[Cl-]. The van der Waals surface area contributed by atoms with Crippen LogP contribution in [-0.4, -0.2) is 43.1 Å². The van der Waals surface area contributed by atoms with Crippen molar-refractivity contribution in [3.8, 4) is 5.75 Å². The number of amides is 1. The topological polar surface area (TPSA) is 84.4 Å². The van der Waals surface area contributed by atoms with E-state index in [0.717, 1.165) is 12.8 Å². The fraction of sp³-hybridized carbons (Fsp3) is 0.588. The molecule has 0 radical (unpaired) electrons. The van der Waals surface area contributed by atoms with Crippen LogP contribution in [0.4, 0.5) is 10.5 Å². The number of carbonyl (C=O) groups excluding carboxylic acids is 1. The number of rotatable bonds is 10. The fourth-order valence-corrected chi connectivity index (χ4v) is 1.82. The summed E-state index contributed by atoms with van der Waals surface area (Å²) < 4.78 is 10.6. The minimum Gasteiger partial charge on any atom is -1.00 e. The van der Waals surface area contributed by atoms with Gasteiger partial charge in [-0.05, 0) is 32.4 Å². The second-order valence-corrected chi connectivity index (χ2v) is 5.82. The van der Waals surface area contributed by atoms with E-state index in [1.54, 1.807) is 24.3 Å². The number of ether oxygens (including phenoxy) is 2. The zero-order valence-corrected chi connectivity index (χ0v) is 15.4. The van der Waals surface area contributed by atoms with Gasteiger partial charge in [0.2, 0.25) is 0 Å². The van der Waals surface area contributed by atoms with E-state index in [9.17, 15) is 9.90 Å². The first-order valence-electron chi connectivity index (χ1n) is 8.19. The highest BCUT2D eigenvalue weighted by Crippen LogP contribution is 2.17. The van der Waals surface area contributed by atoms with Crippen molar-refractivity contribution < 1.29 is 37.1 Å². The Morgan fingerprint density at radius 2 is 2.12 bits per heavy atom. The zero-order valence-electron chi connectivity index (χ0n) is 14.6. The second kappa shape index (κ2) is 12.9. The molecule has 0 bridgehead atoms. The highest BCUT2D eigenvalue weighted by atomic mass is 35.5. The summed E-state index contributed by atoms with van der Waals surface area (Å²) in [5.74, 6) is 0.597. The number of anilines is 1. The second-order valence-electron chi connectivity index (χ2n) is 5.82. The number of nitrogens with two attached hydrogens (primary N) is 1. The zero-order chi connectivity index (χ0) is 17.1. The molecule has 0 aliphatic rings. The summed E-state index contributed by atoms with van der Waals surface area (Å²) in [6, 6.07) is 7.48. The largest absolute Gasteiger partial charge is 1.00 e. The van der Waals surface area contributed by atoms with E-state index in [1.165, 1.54) is 0 Å². The van der Waals surface area contributed by atoms with Crippen LogP contribution in [-0.2, 0) is 4.74 Å². The summed E-state index contributed by atoms with van der Waals surface area (Å²) in [5, 5.41) is 14.6. The molecule has 0 aliphatic carbocycles. The van der Waals surface area contributed by atoms with Crippen LogP contribution in [0.15, 0.2) is 24.3 Å². The molecule has 0 aromatic heterocycles. The maximum atomic E-state index is 11.6. The number of nitrogens with one attached hydrogen (secondary N) is 1. The van der Waals surface area contributed by atoms with Gasteiger partial charge in [0.05, 0.1) is 12.6 Å². The lowest BCUT2D eigenvalue weighted by atomic mass is 10.3. The van der Waals surface area contributed by atoms with Gasteiger partial charge in [-0.15, -0.1) is 0 Å². The molecular weight excluding hydrogens is 332 g/mol. The molecular formula is C17H29ClN2O4. The Morgan fingerprint density at radius 1 is 1.38 bits per heavy atom. The quantitative estimate of drug-likeness (QED) is 0.455. The molecule has 0 spiro atoms. The van der Waals surface area contributed by atoms with Crippen molar-refractivity contribution in [3.63, 3.8) is 0 Å². The maximum Gasteiger partial charge on any atom is 0.411 e. The lowest BCUT2D eigenvalue weighted by Gasteiger charge is -2.13. The van der Waals surface area contributed by atoms with Crippen molar-refractivity contribution in [2.24, 2.45) is 0 Å². The van der Waals surface area contributed by atoms with Crippen molar-refractivity contribution in [1.82, 2.24) is 0 Å². The summed E-state index contributed by atoms with van der Waals surface area (Å²) in [4.78, 5) is 11.6. The monoisotopic (exact) mass is 360 g/mol. The van der Waals surface area contributed by atoms with Crippen molar-refractivity contribution in [1.29, 1.82) is 0 Å². The molecule has 0 aliphatic heterocycles. The Bertz CT molecular complexity index is 472. The van der Waals surface area contributed by atoms with Gasteiger partial charge in [-0.1, -0.05) is 19.4 Å². The van der Waals surface area contributed by atoms with Gasteiger partial charge in [0.25, 0.3) is 0 Å². The molecule has 1 atom stereocenters. The molecule has 0 saturated carbocycles. The molecule has 6 nitrogen and oxygen atoms in total. The molecule has 24 heavy (non-hydrogen) atoms. The van der Waals surface area contributed by atoms with Crippen LogP contribution in [0.1, 0.15) is 33.6 Å².